The summed E-state index contributed by atoms with van der Waals surface area (Å²) in [6, 6.07) is 3.97. The van der Waals surface area contributed by atoms with Crippen molar-refractivity contribution in [3.8, 4) is 5.75 Å². The van der Waals surface area contributed by atoms with Crippen molar-refractivity contribution in [3.05, 3.63) is 27.2 Å². The van der Waals surface area contributed by atoms with Crippen molar-refractivity contribution >= 4 is 39.5 Å². The Hall–Kier alpha value is -1.35. The van der Waals surface area contributed by atoms with Crippen LogP contribution in [0.3, 0.4) is 0 Å². The van der Waals surface area contributed by atoms with Crippen molar-refractivity contribution < 1.29 is 24.5 Å². The Morgan fingerprint density at radius 3 is 2.19 bits per heavy atom. The second-order valence-electron chi connectivity index (χ2n) is 6.15. The third-order valence-electron chi connectivity index (χ3n) is 4.10. The van der Waals surface area contributed by atoms with Crippen LogP contribution in [0.1, 0.15) is 18.9 Å². The molecule has 2 rings (SSSR count). The van der Waals surface area contributed by atoms with Crippen LogP contribution < -0.4 is 4.74 Å². The maximum absolute atomic E-state index is 9.10. The maximum atomic E-state index is 9.10. The van der Waals surface area contributed by atoms with Crippen LogP contribution in [0.15, 0.2) is 16.6 Å². The molecule has 1 saturated heterocycles. The van der Waals surface area contributed by atoms with Crippen LogP contribution in [-0.2, 0) is 9.59 Å². The van der Waals surface area contributed by atoms with Gasteiger partial charge in [0.2, 0.25) is 0 Å². The second-order valence-corrected chi connectivity index (χ2v) is 7.41. The lowest BCUT2D eigenvalue weighted by Gasteiger charge is -2.33. The summed E-state index contributed by atoms with van der Waals surface area (Å²) in [7, 11) is 0. The largest absolute Gasteiger partial charge is 0.491 e. The van der Waals surface area contributed by atoms with Crippen molar-refractivity contribution in [2.24, 2.45) is 0 Å². The molecule has 152 valence electrons. The molecule has 0 unspecified atom stereocenters. The number of carbonyl (C=O) groups is 2. The van der Waals surface area contributed by atoms with Gasteiger partial charge in [-0.1, -0.05) is 18.5 Å². The molecule has 0 atom stereocenters. The average Bonchev–Trinajstić information content (AvgIpc) is 2.61. The Bertz CT molecular complexity index is 601. The van der Waals surface area contributed by atoms with E-state index in [9.17, 15) is 0 Å². The van der Waals surface area contributed by atoms with Gasteiger partial charge >= 0.3 is 11.9 Å². The van der Waals surface area contributed by atoms with Crippen molar-refractivity contribution in [2.75, 3.05) is 45.9 Å². The van der Waals surface area contributed by atoms with Crippen LogP contribution in [0.4, 0.5) is 0 Å². The van der Waals surface area contributed by atoms with E-state index in [2.05, 4.69) is 32.7 Å². The SMILES string of the molecule is CCN1CCN(CCCOc2c(Cl)cc(C)cc2Br)CC1.O=C(O)C(=O)O. The molecular formula is C18H26BrClN2O5. The second kappa shape index (κ2) is 12.2. The van der Waals surface area contributed by atoms with Crippen molar-refractivity contribution in [1.29, 1.82) is 0 Å². The first-order valence-electron chi connectivity index (χ1n) is 8.74. The van der Waals surface area contributed by atoms with E-state index in [0.29, 0.717) is 11.6 Å². The predicted molar refractivity (Wildman–Crippen MR) is 108 cm³/mol. The predicted octanol–water partition coefficient (Wildman–Crippen LogP) is 2.97. The minimum atomic E-state index is -1.82. The molecule has 1 heterocycles. The molecule has 1 aromatic rings. The first kappa shape index (κ1) is 23.7. The average molecular weight is 466 g/mol. The summed E-state index contributed by atoms with van der Waals surface area (Å²) in [6.45, 7) is 11.9. The number of nitrogens with zero attached hydrogens (tertiary/aromatic N) is 2. The van der Waals surface area contributed by atoms with Gasteiger partial charge in [-0.3, -0.25) is 0 Å². The van der Waals surface area contributed by atoms with Gasteiger partial charge < -0.3 is 24.7 Å². The fourth-order valence-electron chi connectivity index (χ4n) is 2.62. The lowest BCUT2D eigenvalue weighted by atomic mass is 10.2. The molecule has 7 nitrogen and oxygen atoms in total. The molecule has 9 heteroatoms. The quantitative estimate of drug-likeness (QED) is 0.493. The lowest BCUT2D eigenvalue weighted by Crippen LogP contribution is -2.46. The highest BCUT2D eigenvalue weighted by Gasteiger charge is 2.15. The summed E-state index contributed by atoms with van der Waals surface area (Å²) in [4.78, 5) is 23.2. The number of carboxylic acid groups (broad SMARTS) is 2. The molecule has 1 fully saturated rings. The van der Waals surface area contributed by atoms with E-state index in [0.717, 1.165) is 35.3 Å². The number of aliphatic carboxylic acids is 2. The van der Waals surface area contributed by atoms with Crippen molar-refractivity contribution in [2.45, 2.75) is 20.3 Å². The number of carboxylic acids is 2. The molecule has 0 saturated carbocycles. The molecule has 27 heavy (non-hydrogen) atoms. The van der Waals surface area contributed by atoms with E-state index in [4.69, 9.17) is 36.1 Å². The Kier molecular flexibility index (Phi) is 10.7. The number of ether oxygens (including phenoxy) is 1. The van der Waals surface area contributed by atoms with Gasteiger partial charge in [0.15, 0.2) is 5.75 Å². The fraction of sp³-hybridized carbons (Fsp3) is 0.556. The number of hydrogen-bond donors (Lipinski definition) is 2. The number of hydrogen-bond acceptors (Lipinski definition) is 5. The zero-order chi connectivity index (χ0) is 20.4. The number of aryl methyl sites for hydroxylation is 1. The Morgan fingerprint density at radius 1 is 1.15 bits per heavy atom. The van der Waals surface area contributed by atoms with Crippen LogP contribution >= 0.6 is 27.5 Å². The zero-order valence-corrected chi connectivity index (χ0v) is 17.9. The summed E-state index contributed by atoms with van der Waals surface area (Å²) in [6.07, 6.45) is 1.03. The molecule has 2 N–H and O–H groups in total. The van der Waals surface area contributed by atoms with E-state index in [-0.39, 0.29) is 0 Å². The van der Waals surface area contributed by atoms with Gasteiger partial charge in [0.05, 0.1) is 16.1 Å². The normalized spacial score (nSPS) is 15.0. The third-order valence-corrected chi connectivity index (χ3v) is 4.97. The number of rotatable bonds is 6. The summed E-state index contributed by atoms with van der Waals surface area (Å²) in [5.41, 5.74) is 1.13. The molecule has 0 aromatic heterocycles. The van der Waals surface area contributed by atoms with E-state index < -0.39 is 11.9 Å². The molecular weight excluding hydrogens is 440 g/mol. The van der Waals surface area contributed by atoms with Gasteiger partial charge in [0.1, 0.15) is 0 Å². The number of benzene rings is 1. The van der Waals surface area contributed by atoms with Crippen LogP contribution in [0.25, 0.3) is 0 Å². The molecule has 1 aliphatic rings. The Balaban J connectivity index is 0.000000527. The number of halogens is 2. The van der Waals surface area contributed by atoms with Gasteiger partial charge in [-0.05, 0) is 53.5 Å². The van der Waals surface area contributed by atoms with E-state index in [1.807, 2.05) is 19.1 Å². The lowest BCUT2D eigenvalue weighted by molar-refractivity contribution is -0.159. The van der Waals surface area contributed by atoms with Gasteiger partial charge in [-0.25, -0.2) is 9.59 Å². The summed E-state index contributed by atoms with van der Waals surface area (Å²) < 4.78 is 6.77. The first-order valence-corrected chi connectivity index (χ1v) is 9.91. The van der Waals surface area contributed by atoms with Gasteiger partial charge in [-0.15, -0.1) is 0 Å². The minimum absolute atomic E-state index is 0.679. The maximum Gasteiger partial charge on any atom is 0.414 e. The Labute approximate surface area is 173 Å². The van der Waals surface area contributed by atoms with E-state index in [1.54, 1.807) is 0 Å². The fourth-order valence-corrected chi connectivity index (χ4v) is 3.75. The van der Waals surface area contributed by atoms with Gasteiger partial charge in [0.25, 0.3) is 0 Å². The smallest absolute Gasteiger partial charge is 0.414 e. The number of piperazine rings is 1. The Morgan fingerprint density at radius 2 is 1.70 bits per heavy atom. The molecule has 0 amide bonds. The minimum Gasteiger partial charge on any atom is -0.491 e. The van der Waals surface area contributed by atoms with Crippen LogP contribution in [0, 0.1) is 6.92 Å². The van der Waals surface area contributed by atoms with Crippen LogP contribution in [0.2, 0.25) is 5.02 Å². The molecule has 1 aromatic carbocycles. The highest BCUT2D eigenvalue weighted by molar-refractivity contribution is 9.10. The standard InChI is InChI=1S/C16H24BrClN2O.C2H2O4/c1-3-19-6-8-20(9-7-19)5-4-10-21-16-14(17)11-13(2)12-15(16)18;3-1(4)2(5)6/h11-12H,3-10H2,1-2H3;(H,3,4)(H,5,6). The van der Waals surface area contributed by atoms with Crippen LogP contribution in [0.5, 0.6) is 5.75 Å². The van der Waals surface area contributed by atoms with E-state index >= 15 is 0 Å². The summed E-state index contributed by atoms with van der Waals surface area (Å²) in [5, 5.41) is 15.5. The molecule has 0 aliphatic carbocycles. The molecule has 0 spiro atoms. The summed E-state index contributed by atoms with van der Waals surface area (Å²) >= 11 is 9.74. The molecule has 0 radical (unpaired) electrons. The highest BCUT2D eigenvalue weighted by Crippen LogP contribution is 2.34. The third kappa shape index (κ3) is 8.92. The topological polar surface area (TPSA) is 90.3 Å². The zero-order valence-electron chi connectivity index (χ0n) is 15.6. The van der Waals surface area contributed by atoms with Gasteiger partial charge in [0, 0.05) is 32.7 Å². The van der Waals surface area contributed by atoms with Crippen LogP contribution in [-0.4, -0.2) is 77.8 Å². The highest BCUT2D eigenvalue weighted by atomic mass is 79.9. The summed E-state index contributed by atoms with van der Waals surface area (Å²) in [5.74, 6) is -2.89. The first-order chi connectivity index (χ1) is 12.7. The van der Waals surface area contributed by atoms with E-state index in [1.165, 1.54) is 26.2 Å². The van der Waals surface area contributed by atoms with Crippen molar-refractivity contribution in [3.63, 3.8) is 0 Å². The van der Waals surface area contributed by atoms with Gasteiger partial charge in [-0.2, -0.15) is 0 Å². The molecule has 0 bridgehead atoms. The monoisotopic (exact) mass is 464 g/mol. The van der Waals surface area contributed by atoms with Crippen molar-refractivity contribution in [1.82, 2.24) is 9.80 Å². The number of likely N-dealkylation sites (N-methyl/N-ethyl adjacent to an activating group) is 1. The molecule has 1 aliphatic heterocycles.